The van der Waals surface area contributed by atoms with Crippen LogP contribution in [0.4, 0.5) is 0 Å². The smallest absolute Gasteiger partial charge is 0.108 e. The maximum atomic E-state index is 6.25. The predicted molar refractivity (Wildman–Crippen MR) is 130 cm³/mol. The first kappa shape index (κ1) is 22.4. The summed E-state index contributed by atoms with van der Waals surface area (Å²) in [6.07, 6.45) is 4.36. The van der Waals surface area contributed by atoms with Crippen molar-refractivity contribution in [1.82, 2.24) is 9.96 Å². The zero-order valence-corrected chi connectivity index (χ0v) is 18.6. The standard InChI is InChI=1S/C28H32N2O2/c1-4-11-25(12-5-1)13-10-18-29-19-21-30(22-20-29)32-24-23-31-28(26-14-6-2-7-15-26)27-16-8-3-9-17-27/h1-17,28H,18-24H2/b13-10+. The van der Waals surface area contributed by atoms with Crippen LogP contribution in [0.25, 0.3) is 6.08 Å². The topological polar surface area (TPSA) is 24.9 Å². The zero-order chi connectivity index (χ0) is 21.8. The molecule has 0 aromatic heterocycles. The van der Waals surface area contributed by atoms with E-state index in [1.165, 1.54) is 5.56 Å². The summed E-state index contributed by atoms with van der Waals surface area (Å²) >= 11 is 0. The first-order chi connectivity index (χ1) is 15.9. The Kier molecular flexibility index (Phi) is 8.64. The maximum Gasteiger partial charge on any atom is 0.108 e. The molecule has 1 aliphatic heterocycles. The minimum absolute atomic E-state index is 0.0748. The van der Waals surface area contributed by atoms with Gasteiger partial charge in [-0.2, -0.15) is 5.06 Å². The second kappa shape index (κ2) is 12.3. The molecule has 0 spiro atoms. The second-order valence-electron chi connectivity index (χ2n) is 7.95. The van der Waals surface area contributed by atoms with Crippen LogP contribution < -0.4 is 0 Å². The van der Waals surface area contributed by atoms with E-state index < -0.39 is 0 Å². The molecule has 0 radical (unpaired) electrons. The Morgan fingerprint density at radius 1 is 0.688 bits per heavy atom. The molecule has 1 aliphatic rings. The number of hydrogen-bond donors (Lipinski definition) is 0. The Bertz CT molecular complexity index is 884. The normalized spacial score (nSPS) is 15.5. The summed E-state index contributed by atoms with van der Waals surface area (Å²) in [5.74, 6) is 0. The number of hydroxylamine groups is 2. The minimum Gasteiger partial charge on any atom is -0.366 e. The van der Waals surface area contributed by atoms with Crippen LogP contribution in [-0.2, 0) is 9.57 Å². The number of piperazine rings is 1. The fourth-order valence-corrected chi connectivity index (χ4v) is 3.92. The first-order valence-electron chi connectivity index (χ1n) is 11.4. The van der Waals surface area contributed by atoms with Gasteiger partial charge in [0.1, 0.15) is 6.10 Å². The van der Waals surface area contributed by atoms with Crippen molar-refractivity contribution in [3.05, 3.63) is 114 Å². The lowest BCUT2D eigenvalue weighted by molar-refractivity contribution is -0.186. The second-order valence-corrected chi connectivity index (χ2v) is 7.95. The van der Waals surface area contributed by atoms with Gasteiger partial charge in [-0.3, -0.25) is 9.74 Å². The molecule has 166 valence electrons. The molecule has 1 fully saturated rings. The fraction of sp³-hybridized carbons (Fsp3) is 0.286. The average Bonchev–Trinajstić information content (AvgIpc) is 2.87. The Morgan fingerprint density at radius 2 is 1.25 bits per heavy atom. The number of benzene rings is 3. The quantitative estimate of drug-likeness (QED) is 0.422. The summed E-state index contributed by atoms with van der Waals surface area (Å²) in [6, 6.07) is 31.2. The van der Waals surface area contributed by atoms with Gasteiger partial charge in [0, 0.05) is 32.7 Å². The Morgan fingerprint density at radius 3 is 1.84 bits per heavy atom. The van der Waals surface area contributed by atoms with E-state index in [0.717, 1.165) is 43.9 Å². The van der Waals surface area contributed by atoms with Crippen molar-refractivity contribution in [2.45, 2.75) is 6.10 Å². The van der Waals surface area contributed by atoms with Crippen molar-refractivity contribution in [1.29, 1.82) is 0 Å². The van der Waals surface area contributed by atoms with Gasteiger partial charge in [0.15, 0.2) is 0 Å². The minimum atomic E-state index is -0.0748. The summed E-state index contributed by atoms with van der Waals surface area (Å²) in [4.78, 5) is 8.45. The van der Waals surface area contributed by atoms with Crippen LogP contribution >= 0.6 is 0 Å². The molecule has 1 heterocycles. The third-order valence-corrected chi connectivity index (χ3v) is 5.65. The Balaban J connectivity index is 1.18. The van der Waals surface area contributed by atoms with Crippen molar-refractivity contribution in [3.63, 3.8) is 0 Å². The first-order valence-corrected chi connectivity index (χ1v) is 11.4. The highest BCUT2D eigenvalue weighted by molar-refractivity contribution is 5.48. The average molecular weight is 429 g/mol. The lowest BCUT2D eigenvalue weighted by atomic mass is 10.0. The zero-order valence-electron chi connectivity index (χ0n) is 18.6. The molecule has 0 atom stereocenters. The molecule has 0 unspecified atom stereocenters. The molecule has 0 aliphatic carbocycles. The van der Waals surface area contributed by atoms with Crippen LogP contribution in [0, 0.1) is 0 Å². The van der Waals surface area contributed by atoms with E-state index in [4.69, 9.17) is 9.57 Å². The number of ether oxygens (including phenoxy) is 1. The van der Waals surface area contributed by atoms with E-state index in [1.807, 2.05) is 18.2 Å². The van der Waals surface area contributed by atoms with Crippen molar-refractivity contribution < 1.29 is 9.57 Å². The van der Waals surface area contributed by atoms with Crippen LogP contribution in [-0.4, -0.2) is 55.9 Å². The molecule has 0 amide bonds. The van der Waals surface area contributed by atoms with E-state index in [2.05, 4.69) is 94.9 Å². The molecule has 1 saturated heterocycles. The van der Waals surface area contributed by atoms with E-state index in [0.29, 0.717) is 13.2 Å². The molecular formula is C28H32N2O2. The van der Waals surface area contributed by atoms with Crippen molar-refractivity contribution in [2.24, 2.45) is 0 Å². The van der Waals surface area contributed by atoms with Crippen LogP contribution in [0.2, 0.25) is 0 Å². The molecule has 4 heteroatoms. The fourth-order valence-electron chi connectivity index (χ4n) is 3.92. The monoisotopic (exact) mass is 428 g/mol. The molecule has 3 aromatic rings. The summed E-state index contributed by atoms with van der Waals surface area (Å²) in [5, 5.41) is 2.07. The van der Waals surface area contributed by atoms with Crippen LogP contribution in [0.5, 0.6) is 0 Å². The highest BCUT2D eigenvalue weighted by atomic mass is 16.7. The van der Waals surface area contributed by atoms with Crippen molar-refractivity contribution in [3.8, 4) is 0 Å². The van der Waals surface area contributed by atoms with E-state index >= 15 is 0 Å². The van der Waals surface area contributed by atoms with Gasteiger partial charge < -0.3 is 4.74 Å². The summed E-state index contributed by atoms with van der Waals surface area (Å²) in [5.41, 5.74) is 3.57. The number of rotatable bonds is 10. The third-order valence-electron chi connectivity index (χ3n) is 5.65. The molecule has 4 nitrogen and oxygen atoms in total. The molecule has 32 heavy (non-hydrogen) atoms. The summed E-state index contributed by atoms with van der Waals surface area (Å²) < 4.78 is 6.25. The molecule has 0 N–H and O–H groups in total. The van der Waals surface area contributed by atoms with Crippen LogP contribution in [0.1, 0.15) is 22.8 Å². The maximum absolute atomic E-state index is 6.25. The van der Waals surface area contributed by atoms with Gasteiger partial charge in [0.05, 0.1) is 13.2 Å². The molecule has 0 bridgehead atoms. The number of nitrogens with zero attached hydrogens (tertiary/aromatic N) is 2. The van der Waals surface area contributed by atoms with E-state index in [1.54, 1.807) is 0 Å². The Labute approximate surface area is 191 Å². The van der Waals surface area contributed by atoms with E-state index in [9.17, 15) is 0 Å². The van der Waals surface area contributed by atoms with Crippen LogP contribution in [0.15, 0.2) is 97.1 Å². The summed E-state index contributed by atoms with van der Waals surface area (Å²) in [7, 11) is 0. The highest BCUT2D eigenvalue weighted by Gasteiger charge is 2.17. The molecular weight excluding hydrogens is 396 g/mol. The highest BCUT2D eigenvalue weighted by Crippen LogP contribution is 2.25. The van der Waals surface area contributed by atoms with Gasteiger partial charge in [-0.05, 0) is 16.7 Å². The largest absolute Gasteiger partial charge is 0.366 e. The Hall–Kier alpha value is -2.76. The van der Waals surface area contributed by atoms with Gasteiger partial charge in [0.2, 0.25) is 0 Å². The van der Waals surface area contributed by atoms with Gasteiger partial charge in [0.25, 0.3) is 0 Å². The summed E-state index contributed by atoms with van der Waals surface area (Å²) in [6.45, 7) is 5.94. The lowest BCUT2D eigenvalue weighted by Gasteiger charge is -2.33. The van der Waals surface area contributed by atoms with Crippen molar-refractivity contribution in [2.75, 3.05) is 45.9 Å². The SMILES string of the molecule is C(=C\c1ccccc1)/CN1CCN(OCCOC(c2ccccc2)c2ccccc2)CC1. The van der Waals surface area contributed by atoms with E-state index in [-0.39, 0.29) is 6.10 Å². The predicted octanol–water partition coefficient (Wildman–Crippen LogP) is 5.06. The van der Waals surface area contributed by atoms with Gasteiger partial charge in [-0.1, -0.05) is 103 Å². The van der Waals surface area contributed by atoms with Crippen LogP contribution in [0.3, 0.4) is 0 Å². The van der Waals surface area contributed by atoms with Gasteiger partial charge >= 0.3 is 0 Å². The third kappa shape index (κ3) is 6.87. The van der Waals surface area contributed by atoms with Gasteiger partial charge in [-0.15, -0.1) is 0 Å². The van der Waals surface area contributed by atoms with Gasteiger partial charge in [-0.25, -0.2) is 0 Å². The number of hydrogen-bond acceptors (Lipinski definition) is 4. The van der Waals surface area contributed by atoms with Crippen molar-refractivity contribution >= 4 is 6.08 Å². The molecule has 4 rings (SSSR count). The molecule has 0 saturated carbocycles. The molecule has 3 aromatic carbocycles. The lowest BCUT2D eigenvalue weighted by Crippen LogP contribution is -2.46.